The van der Waals surface area contributed by atoms with Gasteiger partial charge < -0.3 is 14.6 Å². The summed E-state index contributed by atoms with van der Waals surface area (Å²) in [6.45, 7) is 3.91. The maximum absolute atomic E-state index is 13.4. The monoisotopic (exact) mass is 390 g/mol. The van der Waals surface area contributed by atoms with E-state index in [1.807, 2.05) is 26.0 Å². The lowest BCUT2D eigenvalue weighted by molar-refractivity contribution is -0.136. The van der Waals surface area contributed by atoms with Crippen molar-refractivity contribution < 1.29 is 22.4 Å². The number of anilines is 2. The van der Waals surface area contributed by atoms with E-state index in [4.69, 9.17) is 4.42 Å². The molecular formula is C21H21F3N2O2. The van der Waals surface area contributed by atoms with Gasteiger partial charge in [-0.1, -0.05) is 0 Å². The number of hydrogen-bond acceptors (Lipinski definition) is 3. The second-order valence-electron chi connectivity index (χ2n) is 7.04. The maximum Gasteiger partial charge on any atom is 0.418 e. The lowest BCUT2D eigenvalue weighted by Gasteiger charge is -2.18. The van der Waals surface area contributed by atoms with Gasteiger partial charge in [-0.3, -0.25) is 4.79 Å². The lowest BCUT2D eigenvalue weighted by Crippen LogP contribution is -2.19. The quantitative estimate of drug-likeness (QED) is 0.656. The Kier molecular flexibility index (Phi) is 5.10. The Morgan fingerprint density at radius 1 is 1.11 bits per heavy atom. The van der Waals surface area contributed by atoms with E-state index in [9.17, 15) is 18.0 Å². The van der Waals surface area contributed by atoms with Crippen LogP contribution in [0.15, 0.2) is 41.0 Å². The molecule has 1 heterocycles. The summed E-state index contributed by atoms with van der Waals surface area (Å²) >= 11 is 0. The number of carbonyl (C=O) groups excluding carboxylic acids is 1. The zero-order valence-corrected chi connectivity index (χ0v) is 16.1. The van der Waals surface area contributed by atoms with Crippen LogP contribution in [0.4, 0.5) is 24.5 Å². The van der Waals surface area contributed by atoms with Gasteiger partial charge in [0.05, 0.1) is 23.9 Å². The highest BCUT2D eigenvalue weighted by atomic mass is 19.4. The summed E-state index contributed by atoms with van der Waals surface area (Å²) in [7, 11) is 3.31. The van der Waals surface area contributed by atoms with Gasteiger partial charge in [0.25, 0.3) is 0 Å². The molecule has 0 bridgehead atoms. The van der Waals surface area contributed by atoms with E-state index < -0.39 is 17.6 Å². The molecule has 1 aromatic heterocycles. The standard InChI is InChI=1S/C21H21F3N2O2/c1-12-7-16-14(11-28-19(16)8-13(12)2)9-20(27)25-18-6-5-15(26(3)4)10-17(18)21(22,23)24/h5-8,10-11H,9H2,1-4H3,(H,25,27). The van der Waals surface area contributed by atoms with E-state index in [0.717, 1.165) is 22.6 Å². The minimum absolute atomic E-state index is 0.0811. The molecule has 0 spiro atoms. The van der Waals surface area contributed by atoms with E-state index in [-0.39, 0.29) is 12.1 Å². The number of alkyl halides is 3. The first-order valence-corrected chi connectivity index (χ1v) is 8.72. The van der Waals surface area contributed by atoms with E-state index in [1.165, 1.54) is 18.4 Å². The van der Waals surface area contributed by atoms with E-state index in [1.54, 1.807) is 19.0 Å². The Morgan fingerprint density at radius 3 is 2.43 bits per heavy atom. The van der Waals surface area contributed by atoms with Crippen LogP contribution in [0.25, 0.3) is 11.0 Å². The van der Waals surface area contributed by atoms with Crippen molar-refractivity contribution in [3.63, 3.8) is 0 Å². The highest BCUT2D eigenvalue weighted by Crippen LogP contribution is 2.37. The molecule has 1 N–H and O–H groups in total. The maximum atomic E-state index is 13.4. The van der Waals surface area contributed by atoms with Crippen molar-refractivity contribution in [3.8, 4) is 0 Å². The van der Waals surface area contributed by atoms with Gasteiger partial charge in [0.2, 0.25) is 5.91 Å². The number of nitrogens with one attached hydrogen (secondary N) is 1. The van der Waals surface area contributed by atoms with Crippen LogP contribution in [0.1, 0.15) is 22.3 Å². The Labute approximate surface area is 160 Å². The van der Waals surface area contributed by atoms with E-state index in [2.05, 4.69) is 5.32 Å². The summed E-state index contributed by atoms with van der Waals surface area (Å²) in [5, 5.41) is 3.18. The minimum Gasteiger partial charge on any atom is -0.464 e. The molecule has 0 saturated heterocycles. The number of rotatable bonds is 4. The molecule has 0 atom stereocenters. The fourth-order valence-corrected chi connectivity index (χ4v) is 2.99. The second kappa shape index (κ2) is 7.22. The van der Waals surface area contributed by atoms with Crippen molar-refractivity contribution in [1.29, 1.82) is 0 Å². The number of fused-ring (bicyclic) bond motifs is 1. The number of nitrogens with zero attached hydrogens (tertiary/aromatic N) is 1. The summed E-state index contributed by atoms with van der Waals surface area (Å²) in [6.07, 6.45) is -3.18. The topological polar surface area (TPSA) is 45.5 Å². The van der Waals surface area contributed by atoms with Crippen molar-refractivity contribution in [2.24, 2.45) is 0 Å². The Hall–Kier alpha value is -2.96. The predicted molar refractivity (Wildman–Crippen MR) is 104 cm³/mol. The number of furan rings is 1. The first kappa shape index (κ1) is 19.8. The average molecular weight is 390 g/mol. The van der Waals surface area contributed by atoms with Crippen LogP contribution in [0.5, 0.6) is 0 Å². The van der Waals surface area contributed by atoms with Gasteiger partial charge in [-0.05, 0) is 55.3 Å². The summed E-state index contributed by atoms with van der Waals surface area (Å²) in [6, 6.07) is 7.63. The van der Waals surface area contributed by atoms with Gasteiger partial charge in [-0.15, -0.1) is 0 Å². The number of aryl methyl sites for hydroxylation is 2. The summed E-state index contributed by atoms with van der Waals surface area (Å²) in [5.41, 5.74) is 2.66. The summed E-state index contributed by atoms with van der Waals surface area (Å²) in [5.74, 6) is -0.538. The highest BCUT2D eigenvalue weighted by Gasteiger charge is 2.34. The number of benzene rings is 2. The smallest absolute Gasteiger partial charge is 0.418 e. The third-order valence-corrected chi connectivity index (χ3v) is 4.72. The minimum atomic E-state index is -4.58. The fraction of sp³-hybridized carbons (Fsp3) is 0.286. The van der Waals surface area contributed by atoms with E-state index >= 15 is 0 Å². The van der Waals surface area contributed by atoms with Crippen LogP contribution in [0, 0.1) is 13.8 Å². The summed E-state index contributed by atoms with van der Waals surface area (Å²) in [4.78, 5) is 14.0. The SMILES string of the molecule is Cc1cc2occ(CC(=O)Nc3ccc(N(C)C)cc3C(F)(F)F)c2cc1C. The molecule has 1 amide bonds. The van der Waals surface area contributed by atoms with E-state index in [0.29, 0.717) is 16.8 Å². The van der Waals surface area contributed by atoms with Gasteiger partial charge in [-0.25, -0.2) is 0 Å². The normalized spacial score (nSPS) is 11.7. The molecule has 0 aliphatic heterocycles. The van der Waals surface area contributed by atoms with Crippen molar-refractivity contribution in [3.05, 3.63) is 58.8 Å². The average Bonchev–Trinajstić information content (AvgIpc) is 2.96. The third kappa shape index (κ3) is 3.98. The Balaban J connectivity index is 1.87. The molecule has 0 unspecified atom stereocenters. The molecule has 0 radical (unpaired) electrons. The molecule has 2 aromatic carbocycles. The summed E-state index contributed by atoms with van der Waals surface area (Å²) < 4.78 is 45.8. The second-order valence-corrected chi connectivity index (χ2v) is 7.04. The van der Waals surface area contributed by atoms with Gasteiger partial charge in [0.15, 0.2) is 0 Å². The third-order valence-electron chi connectivity index (χ3n) is 4.72. The molecule has 7 heteroatoms. The zero-order chi connectivity index (χ0) is 20.6. The fourth-order valence-electron chi connectivity index (χ4n) is 2.99. The number of amides is 1. The predicted octanol–water partition coefficient (Wildman–Crippen LogP) is 5.32. The molecule has 4 nitrogen and oxygen atoms in total. The number of halogens is 3. The first-order chi connectivity index (χ1) is 13.1. The van der Waals surface area contributed by atoms with Crippen LogP contribution in [0.3, 0.4) is 0 Å². The highest BCUT2D eigenvalue weighted by molar-refractivity contribution is 5.96. The van der Waals surface area contributed by atoms with Crippen LogP contribution in [0.2, 0.25) is 0 Å². The van der Waals surface area contributed by atoms with Crippen LogP contribution in [-0.4, -0.2) is 20.0 Å². The van der Waals surface area contributed by atoms with Crippen LogP contribution >= 0.6 is 0 Å². The largest absolute Gasteiger partial charge is 0.464 e. The van der Waals surface area contributed by atoms with Crippen molar-refractivity contribution in [2.75, 3.05) is 24.3 Å². The molecule has 148 valence electrons. The molecule has 28 heavy (non-hydrogen) atoms. The molecule has 3 rings (SSSR count). The van der Waals surface area contributed by atoms with Gasteiger partial charge >= 0.3 is 6.18 Å². The molecule has 0 aliphatic carbocycles. The molecule has 0 fully saturated rings. The van der Waals surface area contributed by atoms with Gasteiger partial charge in [0.1, 0.15) is 5.58 Å². The first-order valence-electron chi connectivity index (χ1n) is 8.72. The molecule has 0 aliphatic rings. The van der Waals surface area contributed by atoms with Crippen molar-refractivity contribution in [2.45, 2.75) is 26.4 Å². The number of carbonyl (C=O) groups is 1. The number of hydrogen-bond donors (Lipinski definition) is 1. The molecule has 3 aromatic rings. The van der Waals surface area contributed by atoms with Crippen molar-refractivity contribution >= 4 is 28.3 Å². The lowest BCUT2D eigenvalue weighted by atomic mass is 10.0. The van der Waals surface area contributed by atoms with Crippen LogP contribution < -0.4 is 10.2 Å². The molecule has 0 saturated carbocycles. The van der Waals surface area contributed by atoms with Gasteiger partial charge in [0, 0.05) is 30.7 Å². The van der Waals surface area contributed by atoms with Crippen LogP contribution in [-0.2, 0) is 17.4 Å². The molecular weight excluding hydrogens is 369 g/mol. The van der Waals surface area contributed by atoms with Gasteiger partial charge in [-0.2, -0.15) is 13.2 Å². The Bertz CT molecular complexity index is 1040. The Morgan fingerprint density at radius 2 is 1.79 bits per heavy atom. The zero-order valence-electron chi connectivity index (χ0n) is 16.1. The van der Waals surface area contributed by atoms with Crippen molar-refractivity contribution in [1.82, 2.24) is 0 Å².